The zero-order valence-corrected chi connectivity index (χ0v) is 14.9. The molecule has 1 aliphatic heterocycles. The second kappa shape index (κ2) is 8.61. The van der Waals surface area contributed by atoms with Gasteiger partial charge in [0, 0.05) is 12.7 Å². The van der Waals surface area contributed by atoms with Gasteiger partial charge in [-0.25, -0.2) is 9.99 Å². The first-order valence-electron chi connectivity index (χ1n) is 8.81. The van der Waals surface area contributed by atoms with Crippen LogP contribution in [0, 0.1) is 5.41 Å². The molecule has 3 rings (SSSR count). The monoisotopic (exact) mass is 354 g/mol. The van der Waals surface area contributed by atoms with Gasteiger partial charge in [0.25, 0.3) is 0 Å². The van der Waals surface area contributed by atoms with E-state index >= 15 is 0 Å². The molecular weight excluding hydrogens is 328 g/mol. The number of guanidine groups is 1. The highest BCUT2D eigenvalue weighted by molar-refractivity contribution is 5.90. The van der Waals surface area contributed by atoms with Gasteiger partial charge in [0.1, 0.15) is 0 Å². The predicted molar refractivity (Wildman–Crippen MR) is 104 cm³/mol. The minimum absolute atomic E-state index is 0.171. The fourth-order valence-electron chi connectivity index (χ4n) is 3.11. The van der Waals surface area contributed by atoms with E-state index in [4.69, 9.17) is 11.1 Å². The Bertz CT molecular complexity index is 703. The fourth-order valence-corrected chi connectivity index (χ4v) is 3.11. The molecule has 0 amide bonds. The first-order valence-corrected chi connectivity index (χ1v) is 8.81. The summed E-state index contributed by atoms with van der Waals surface area (Å²) in [6, 6.07) is 13.8. The van der Waals surface area contributed by atoms with E-state index in [9.17, 15) is 0 Å². The smallest absolute Gasteiger partial charge is 0.210 e. The number of rotatable bonds is 7. The van der Waals surface area contributed by atoms with Gasteiger partial charge in [-0.1, -0.05) is 25.1 Å². The molecule has 2 aromatic rings. The van der Waals surface area contributed by atoms with Crippen LogP contribution >= 0.6 is 0 Å². The number of aromatic nitrogens is 1. The van der Waals surface area contributed by atoms with Crippen molar-refractivity contribution in [2.75, 3.05) is 30.1 Å². The molecule has 0 radical (unpaired) electrons. The molecule has 0 bridgehead atoms. The summed E-state index contributed by atoms with van der Waals surface area (Å²) in [4.78, 5) is 6.65. The molecule has 26 heavy (non-hydrogen) atoms. The number of nitrogens with zero attached hydrogens (tertiary/aromatic N) is 3. The molecule has 2 heterocycles. The lowest BCUT2D eigenvalue weighted by molar-refractivity contribution is 0.354. The normalized spacial score (nSPS) is 17.2. The molecule has 0 saturated carbocycles. The molecule has 1 aromatic heterocycles. The average molecular weight is 354 g/mol. The van der Waals surface area contributed by atoms with Crippen LogP contribution in [0.1, 0.15) is 24.8 Å². The molecule has 8 nitrogen and oxygen atoms in total. The summed E-state index contributed by atoms with van der Waals surface area (Å²) >= 11 is 0. The van der Waals surface area contributed by atoms with E-state index in [-0.39, 0.29) is 5.96 Å². The molecule has 1 aliphatic rings. The third kappa shape index (κ3) is 4.48. The van der Waals surface area contributed by atoms with Crippen LogP contribution in [-0.2, 0) is 0 Å². The first-order chi connectivity index (χ1) is 12.7. The summed E-state index contributed by atoms with van der Waals surface area (Å²) in [5.41, 5.74) is 16.6. The Morgan fingerprint density at radius 3 is 2.73 bits per heavy atom. The summed E-state index contributed by atoms with van der Waals surface area (Å²) in [6.07, 6.45) is 2.86. The number of nitrogens with one attached hydrogen (secondary N) is 4. The number of likely N-dealkylation sites (tertiary alicyclic amines) is 1. The lowest BCUT2D eigenvalue weighted by atomic mass is 9.98. The van der Waals surface area contributed by atoms with Crippen LogP contribution in [0.4, 0.5) is 11.5 Å². The molecular formula is C18H26N8. The fraction of sp³-hybridized carbons (Fsp3) is 0.333. The van der Waals surface area contributed by atoms with Crippen LogP contribution in [0.15, 0.2) is 48.7 Å². The summed E-state index contributed by atoms with van der Waals surface area (Å²) in [6.45, 7) is 5.65. The number of nitrogens with two attached hydrogens (primary N) is 1. The molecule has 1 saturated heterocycles. The highest BCUT2D eigenvalue weighted by Crippen LogP contribution is 2.27. The summed E-state index contributed by atoms with van der Waals surface area (Å²) in [5, 5.41) is 8.99. The van der Waals surface area contributed by atoms with Crippen molar-refractivity contribution < 1.29 is 0 Å². The van der Waals surface area contributed by atoms with E-state index in [2.05, 4.69) is 45.4 Å². The van der Waals surface area contributed by atoms with Gasteiger partial charge in [0.2, 0.25) is 5.96 Å². The van der Waals surface area contributed by atoms with Crippen molar-refractivity contribution in [2.24, 2.45) is 5.73 Å². The minimum Gasteiger partial charge on any atom is -0.369 e. The molecule has 0 spiro atoms. The Balaban J connectivity index is 1.52. The highest BCUT2D eigenvalue weighted by atomic mass is 15.8. The number of anilines is 2. The van der Waals surface area contributed by atoms with Crippen molar-refractivity contribution in [1.82, 2.24) is 21.0 Å². The van der Waals surface area contributed by atoms with Crippen molar-refractivity contribution in [3.05, 3.63) is 54.2 Å². The Kier molecular flexibility index (Phi) is 6.00. The molecule has 8 heteroatoms. The van der Waals surface area contributed by atoms with Crippen LogP contribution in [0.3, 0.4) is 0 Å². The molecule has 1 unspecified atom stereocenters. The zero-order chi connectivity index (χ0) is 18.4. The Labute approximate surface area is 153 Å². The summed E-state index contributed by atoms with van der Waals surface area (Å²) in [7, 11) is 0. The van der Waals surface area contributed by atoms with Gasteiger partial charge >= 0.3 is 0 Å². The van der Waals surface area contributed by atoms with Gasteiger partial charge in [-0.15, -0.1) is 5.53 Å². The lowest BCUT2D eigenvalue weighted by Crippen LogP contribution is -2.55. The minimum atomic E-state index is -0.171. The molecule has 138 valence electrons. The second-order valence-corrected chi connectivity index (χ2v) is 6.27. The summed E-state index contributed by atoms with van der Waals surface area (Å²) < 4.78 is 0. The maximum Gasteiger partial charge on any atom is 0.210 e. The topological polar surface area (TPSA) is 105 Å². The maximum absolute atomic E-state index is 7.66. The molecule has 1 atom stereocenters. The van der Waals surface area contributed by atoms with Gasteiger partial charge in [-0.2, -0.15) is 5.53 Å². The predicted octanol–water partition coefficient (Wildman–Crippen LogP) is 1.63. The van der Waals surface area contributed by atoms with Crippen molar-refractivity contribution in [3.8, 4) is 0 Å². The van der Waals surface area contributed by atoms with Crippen molar-refractivity contribution in [1.29, 1.82) is 5.41 Å². The molecule has 1 aromatic carbocycles. The van der Waals surface area contributed by atoms with Gasteiger partial charge in [0.05, 0.1) is 5.69 Å². The van der Waals surface area contributed by atoms with E-state index < -0.39 is 0 Å². The van der Waals surface area contributed by atoms with Crippen molar-refractivity contribution in [2.45, 2.75) is 19.3 Å². The number of hydrazine groups is 3. The van der Waals surface area contributed by atoms with Crippen molar-refractivity contribution >= 4 is 17.5 Å². The molecule has 0 aliphatic carbocycles. The molecule has 1 fully saturated rings. The van der Waals surface area contributed by atoms with Crippen LogP contribution in [0.2, 0.25) is 0 Å². The number of hydrogen-bond donors (Lipinski definition) is 5. The van der Waals surface area contributed by atoms with E-state index in [1.165, 1.54) is 23.5 Å². The first kappa shape index (κ1) is 18.1. The van der Waals surface area contributed by atoms with Crippen LogP contribution in [0.5, 0.6) is 0 Å². The number of benzene rings is 1. The number of likely N-dealkylation sites (N-methyl/N-ethyl adjacent to an activating group) is 1. The quantitative estimate of drug-likeness (QED) is 0.292. The third-order valence-electron chi connectivity index (χ3n) is 4.60. The SMILES string of the molecule is CCN1CCC(c2ccc(NNNN(C(=N)N)c3ccccn3)cc2)C1. The average Bonchev–Trinajstić information content (AvgIpc) is 3.15. The Morgan fingerprint density at radius 1 is 1.31 bits per heavy atom. The second-order valence-electron chi connectivity index (χ2n) is 6.27. The standard InChI is InChI=1S/C18H26N8/c1-2-25-12-10-15(13-25)14-6-8-16(9-7-14)22-23-24-26(18(19)20)17-5-3-4-11-21-17/h3-9,11,15,22-24H,2,10,12-13H2,1H3,(H3,19,20). The van der Waals surface area contributed by atoms with Crippen molar-refractivity contribution in [3.63, 3.8) is 0 Å². The van der Waals surface area contributed by atoms with Crippen LogP contribution in [0.25, 0.3) is 0 Å². The van der Waals surface area contributed by atoms with E-state index in [0.717, 1.165) is 18.8 Å². The zero-order valence-electron chi connectivity index (χ0n) is 14.9. The van der Waals surface area contributed by atoms with Crippen LogP contribution in [-0.4, -0.2) is 35.5 Å². The molecule has 6 N–H and O–H groups in total. The van der Waals surface area contributed by atoms with E-state index in [1.807, 2.05) is 18.2 Å². The van der Waals surface area contributed by atoms with Gasteiger partial charge < -0.3 is 16.1 Å². The van der Waals surface area contributed by atoms with E-state index in [0.29, 0.717) is 11.7 Å². The number of hydrogen-bond acceptors (Lipinski definition) is 6. The highest BCUT2D eigenvalue weighted by Gasteiger charge is 2.22. The Morgan fingerprint density at radius 2 is 2.12 bits per heavy atom. The largest absolute Gasteiger partial charge is 0.369 e. The third-order valence-corrected chi connectivity index (χ3v) is 4.60. The van der Waals surface area contributed by atoms with Gasteiger partial charge in [-0.05, 0) is 55.3 Å². The van der Waals surface area contributed by atoms with Gasteiger partial charge in [-0.3, -0.25) is 5.41 Å². The maximum atomic E-state index is 7.66. The number of pyridine rings is 1. The van der Waals surface area contributed by atoms with Crippen LogP contribution < -0.4 is 27.2 Å². The lowest BCUT2D eigenvalue weighted by Gasteiger charge is -2.23. The van der Waals surface area contributed by atoms with E-state index in [1.54, 1.807) is 18.3 Å². The Hall–Kier alpha value is -2.68. The van der Waals surface area contributed by atoms with Gasteiger partial charge in [0.15, 0.2) is 5.82 Å². The summed E-state index contributed by atoms with van der Waals surface area (Å²) in [5.74, 6) is 0.967.